The summed E-state index contributed by atoms with van der Waals surface area (Å²) in [6.07, 6.45) is 0. The fourth-order valence-electron chi connectivity index (χ4n) is 7.80. The molecule has 5 heteroatoms. The van der Waals surface area contributed by atoms with Gasteiger partial charge in [-0.15, -0.1) is 11.3 Å². The highest BCUT2D eigenvalue weighted by Gasteiger charge is 2.24. The molecule has 0 atom stereocenters. The van der Waals surface area contributed by atoms with Crippen molar-refractivity contribution in [2.45, 2.75) is 0 Å². The smallest absolute Gasteiger partial charge is 0.228 e. The van der Waals surface area contributed by atoms with Crippen LogP contribution < -0.4 is 4.90 Å². The van der Waals surface area contributed by atoms with Crippen molar-refractivity contribution in [3.63, 3.8) is 0 Å². The lowest BCUT2D eigenvalue weighted by Crippen LogP contribution is -2.11. The maximum absolute atomic E-state index is 6.78. The Balaban J connectivity index is 1.20. The molecule has 244 valence electrons. The average Bonchev–Trinajstić information content (AvgIpc) is 3.92. The summed E-state index contributed by atoms with van der Waals surface area (Å²) in [6, 6.07) is 59.7. The van der Waals surface area contributed by atoms with Gasteiger partial charge in [-0.2, -0.15) is 0 Å². The molecule has 0 radical (unpaired) electrons. The molecule has 11 aromatic rings. The Morgan fingerprint density at radius 1 is 0.442 bits per heavy atom. The number of aromatic nitrogens is 1. The molecule has 8 aromatic carbocycles. The topological polar surface area (TPSA) is 42.4 Å². The molecule has 0 N–H and O–H groups in total. The van der Waals surface area contributed by atoms with Crippen LogP contribution in [0.4, 0.5) is 17.1 Å². The van der Waals surface area contributed by atoms with E-state index in [2.05, 4.69) is 138 Å². The highest BCUT2D eigenvalue weighted by Crippen LogP contribution is 2.49. The molecule has 52 heavy (non-hydrogen) atoms. The van der Waals surface area contributed by atoms with Crippen LogP contribution >= 0.6 is 11.3 Å². The molecule has 11 rings (SSSR count). The summed E-state index contributed by atoms with van der Waals surface area (Å²) in [4.78, 5) is 7.30. The van der Waals surface area contributed by atoms with Crippen LogP contribution in [0.5, 0.6) is 0 Å². The Hall–Kier alpha value is -6.69. The maximum Gasteiger partial charge on any atom is 0.228 e. The van der Waals surface area contributed by atoms with Gasteiger partial charge in [0.2, 0.25) is 5.89 Å². The van der Waals surface area contributed by atoms with Gasteiger partial charge in [0.05, 0.1) is 11.4 Å². The number of hydrogen-bond acceptors (Lipinski definition) is 5. The second kappa shape index (κ2) is 11.4. The summed E-state index contributed by atoms with van der Waals surface area (Å²) >= 11 is 1.83. The molecule has 3 heterocycles. The minimum absolute atomic E-state index is 0.582. The van der Waals surface area contributed by atoms with Crippen molar-refractivity contribution in [1.29, 1.82) is 0 Å². The number of oxazole rings is 1. The third-order valence-electron chi connectivity index (χ3n) is 10.1. The minimum Gasteiger partial charge on any atom is -0.456 e. The molecule has 0 aliphatic heterocycles. The van der Waals surface area contributed by atoms with Gasteiger partial charge >= 0.3 is 0 Å². The molecule has 0 unspecified atom stereocenters. The summed E-state index contributed by atoms with van der Waals surface area (Å²) in [5.41, 5.74) is 9.70. The first-order chi connectivity index (χ1) is 25.8. The number of rotatable bonds is 5. The van der Waals surface area contributed by atoms with Gasteiger partial charge < -0.3 is 13.7 Å². The standard InChI is InChI=1S/C47H28N2O2S/c1-2-12-29(13-3-1)30-24-26-31(27-25-30)49(37-19-11-23-43-44(37)34-16-6-9-22-42(34)52-43)38-28-41-45(33-15-5-4-14-32(33)38)46-35(17-10-21-40(46)50-41)47-48-36-18-7-8-20-39(36)51-47/h1-28H. The zero-order valence-electron chi connectivity index (χ0n) is 27.8. The number of para-hydroxylation sites is 2. The van der Waals surface area contributed by atoms with Crippen LogP contribution in [-0.2, 0) is 0 Å². The fraction of sp³-hybridized carbons (Fsp3) is 0. The zero-order chi connectivity index (χ0) is 34.2. The molecule has 0 bridgehead atoms. The van der Waals surface area contributed by atoms with Gasteiger partial charge in [-0.05, 0) is 71.1 Å². The lowest BCUT2D eigenvalue weighted by molar-refractivity contribution is 0.620. The van der Waals surface area contributed by atoms with E-state index >= 15 is 0 Å². The summed E-state index contributed by atoms with van der Waals surface area (Å²) in [5, 5.41) is 6.75. The summed E-state index contributed by atoms with van der Waals surface area (Å²) in [7, 11) is 0. The predicted molar refractivity (Wildman–Crippen MR) is 217 cm³/mol. The van der Waals surface area contributed by atoms with E-state index in [1.165, 1.54) is 31.3 Å². The van der Waals surface area contributed by atoms with Gasteiger partial charge in [-0.1, -0.05) is 109 Å². The Kier molecular flexibility index (Phi) is 6.39. The van der Waals surface area contributed by atoms with Crippen LogP contribution in [0.2, 0.25) is 0 Å². The molecule has 0 fully saturated rings. The zero-order valence-corrected chi connectivity index (χ0v) is 28.6. The van der Waals surface area contributed by atoms with E-state index in [1.54, 1.807) is 0 Å². The van der Waals surface area contributed by atoms with Crippen molar-refractivity contribution in [1.82, 2.24) is 4.98 Å². The van der Waals surface area contributed by atoms with Crippen LogP contribution in [0.1, 0.15) is 0 Å². The number of thiophene rings is 1. The van der Waals surface area contributed by atoms with E-state index in [1.807, 2.05) is 47.7 Å². The molecule has 0 saturated heterocycles. The van der Waals surface area contributed by atoms with Gasteiger partial charge in [0.15, 0.2) is 5.58 Å². The Morgan fingerprint density at radius 3 is 2.00 bits per heavy atom. The lowest BCUT2D eigenvalue weighted by atomic mass is 9.98. The Morgan fingerprint density at radius 2 is 1.13 bits per heavy atom. The monoisotopic (exact) mass is 684 g/mol. The highest BCUT2D eigenvalue weighted by atomic mass is 32.1. The number of furan rings is 1. The summed E-state index contributed by atoms with van der Waals surface area (Å²) in [6.45, 7) is 0. The fourth-order valence-corrected chi connectivity index (χ4v) is 8.92. The van der Waals surface area contributed by atoms with Crippen molar-refractivity contribution >= 4 is 92.4 Å². The highest BCUT2D eigenvalue weighted by molar-refractivity contribution is 7.26. The Bertz CT molecular complexity index is 3100. The van der Waals surface area contributed by atoms with Crippen molar-refractivity contribution < 1.29 is 8.83 Å². The minimum atomic E-state index is 0.582. The predicted octanol–water partition coefficient (Wildman–Crippen LogP) is 14.1. The third kappa shape index (κ3) is 4.43. The summed E-state index contributed by atoms with van der Waals surface area (Å²) in [5.74, 6) is 0.582. The molecule has 0 saturated carbocycles. The first kappa shape index (κ1) is 29.1. The van der Waals surface area contributed by atoms with Crippen LogP contribution in [0.15, 0.2) is 179 Å². The molecular weight excluding hydrogens is 657 g/mol. The first-order valence-electron chi connectivity index (χ1n) is 17.4. The molecule has 4 nitrogen and oxygen atoms in total. The maximum atomic E-state index is 6.78. The Labute approximate surface area is 302 Å². The number of benzene rings is 8. The number of fused-ring (bicyclic) bond motifs is 9. The second-order valence-electron chi connectivity index (χ2n) is 13.1. The molecule has 0 aliphatic carbocycles. The van der Waals surface area contributed by atoms with E-state index in [0.29, 0.717) is 5.89 Å². The van der Waals surface area contributed by atoms with Crippen LogP contribution in [-0.4, -0.2) is 4.98 Å². The van der Waals surface area contributed by atoms with Crippen LogP contribution in [0.25, 0.3) is 86.6 Å². The quantitative estimate of drug-likeness (QED) is 0.181. The van der Waals surface area contributed by atoms with E-state index < -0.39 is 0 Å². The van der Waals surface area contributed by atoms with Gasteiger partial charge in [0.1, 0.15) is 16.7 Å². The van der Waals surface area contributed by atoms with Gasteiger partial charge in [0, 0.05) is 53.6 Å². The number of nitrogens with zero attached hydrogens (tertiary/aromatic N) is 2. The van der Waals surface area contributed by atoms with Crippen LogP contribution in [0, 0.1) is 0 Å². The van der Waals surface area contributed by atoms with Crippen molar-refractivity contribution in [3.8, 4) is 22.6 Å². The van der Waals surface area contributed by atoms with E-state index in [-0.39, 0.29) is 0 Å². The first-order valence-corrected chi connectivity index (χ1v) is 18.2. The van der Waals surface area contributed by atoms with Crippen molar-refractivity contribution in [2.24, 2.45) is 0 Å². The van der Waals surface area contributed by atoms with E-state index in [0.717, 1.165) is 66.4 Å². The van der Waals surface area contributed by atoms with Gasteiger partial charge in [-0.25, -0.2) is 4.98 Å². The molecule has 0 amide bonds. The molecular formula is C47H28N2O2S. The lowest BCUT2D eigenvalue weighted by Gasteiger charge is -2.28. The average molecular weight is 685 g/mol. The van der Waals surface area contributed by atoms with Crippen molar-refractivity contribution in [2.75, 3.05) is 4.90 Å². The normalized spacial score (nSPS) is 11.8. The third-order valence-corrected chi connectivity index (χ3v) is 11.2. The van der Waals surface area contributed by atoms with Gasteiger partial charge in [-0.3, -0.25) is 0 Å². The molecule has 0 spiro atoms. The molecule has 0 aliphatic rings. The summed E-state index contributed by atoms with van der Waals surface area (Å²) < 4.78 is 15.6. The number of hydrogen-bond donors (Lipinski definition) is 0. The van der Waals surface area contributed by atoms with E-state index in [4.69, 9.17) is 13.8 Å². The SMILES string of the molecule is c1ccc(-c2ccc(N(c3cc4oc5cccc(-c6nc7ccccc7o6)c5c4c4ccccc34)c3cccc4sc5ccccc5c34)cc2)cc1. The van der Waals surface area contributed by atoms with Crippen LogP contribution in [0.3, 0.4) is 0 Å². The second-order valence-corrected chi connectivity index (χ2v) is 14.2. The van der Waals surface area contributed by atoms with E-state index in [9.17, 15) is 0 Å². The van der Waals surface area contributed by atoms with Crippen molar-refractivity contribution in [3.05, 3.63) is 170 Å². The number of anilines is 3. The largest absolute Gasteiger partial charge is 0.456 e. The van der Waals surface area contributed by atoms with Gasteiger partial charge in [0.25, 0.3) is 0 Å². The molecule has 3 aromatic heterocycles.